The van der Waals surface area contributed by atoms with Crippen LogP contribution in [0.4, 0.5) is 18.3 Å². The topological polar surface area (TPSA) is 88.3 Å². The molecule has 8 nitrogen and oxygen atoms in total. The highest BCUT2D eigenvalue weighted by atomic mass is 32.1. The second-order valence-electron chi connectivity index (χ2n) is 8.92. The molecular weight excluding hydrogens is 455 g/mol. The van der Waals surface area contributed by atoms with Crippen molar-refractivity contribution in [2.24, 2.45) is 11.8 Å². The lowest BCUT2D eigenvalue weighted by Gasteiger charge is -2.34. The van der Waals surface area contributed by atoms with Crippen molar-refractivity contribution in [3.05, 3.63) is 33.8 Å². The molecule has 4 heterocycles. The number of anilines is 1. The van der Waals surface area contributed by atoms with Crippen molar-refractivity contribution in [2.45, 2.75) is 53.3 Å². The van der Waals surface area contributed by atoms with Gasteiger partial charge < -0.3 is 5.32 Å². The van der Waals surface area contributed by atoms with Crippen LogP contribution in [-0.2, 0) is 23.9 Å². The molecule has 1 saturated heterocycles. The first kappa shape index (κ1) is 23.6. The second kappa shape index (κ2) is 8.98. The third kappa shape index (κ3) is 5.32. The maximum atomic E-state index is 13.0. The van der Waals surface area contributed by atoms with E-state index in [2.05, 4.69) is 44.1 Å². The molecule has 3 aromatic heterocycles. The minimum atomic E-state index is -4.67. The summed E-state index contributed by atoms with van der Waals surface area (Å²) in [6, 6.07) is 0. The van der Waals surface area contributed by atoms with E-state index >= 15 is 0 Å². The Hall–Kier alpha value is -2.60. The van der Waals surface area contributed by atoms with Crippen molar-refractivity contribution in [1.82, 2.24) is 29.5 Å². The van der Waals surface area contributed by atoms with Crippen molar-refractivity contribution >= 4 is 28.2 Å². The molecule has 1 amide bonds. The van der Waals surface area contributed by atoms with Crippen molar-refractivity contribution in [3.8, 4) is 0 Å². The number of thiazole rings is 1. The Morgan fingerprint density at radius 2 is 1.88 bits per heavy atom. The second-order valence-corrected chi connectivity index (χ2v) is 9.77. The van der Waals surface area contributed by atoms with Crippen LogP contribution in [0.15, 0.2) is 5.38 Å². The molecule has 1 fully saturated rings. The van der Waals surface area contributed by atoms with Crippen LogP contribution in [-0.4, -0.2) is 48.5 Å². The van der Waals surface area contributed by atoms with Crippen LogP contribution in [0.2, 0.25) is 0 Å². The van der Waals surface area contributed by atoms with Gasteiger partial charge in [0.1, 0.15) is 0 Å². The molecular formula is C21H26F3N7OS. The summed E-state index contributed by atoms with van der Waals surface area (Å²) in [5.41, 5.74) is 2.24. The first-order chi connectivity index (χ1) is 15.5. The Morgan fingerprint density at radius 1 is 1.18 bits per heavy atom. The van der Waals surface area contributed by atoms with Gasteiger partial charge in [0.2, 0.25) is 5.91 Å². The Balaban J connectivity index is 1.44. The summed E-state index contributed by atoms with van der Waals surface area (Å²) in [6.07, 6.45) is -3.49. The molecule has 1 N–H and O–H groups in total. The van der Waals surface area contributed by atoms with Gasteiger partial charge in [-0.15, -0.1) is 16.4 Å². The van der Waals surface area contributed by atoms with E-state index in [1.807, 2.05) is 5.38 Å². The summed E-state index contributed by atoms with van der Waals surface area (Å²) in [6.45, 7) is 10.6. The first-order valence-electron chi connectivity index (χ1n) is 10.8. The minimum absolute atomic E-state index is 0.0577. The number of aryl methyl sites for hydroxylation is 2. The highest BCUT2D eigenvalue weighted by molar-refractivity contribution is 7.13. The van der Waals surface area contributed by atoms with Gasteiger partial charge in [-0.05, 0) is 32.1 Å². The highest BCUT2D eigenvalue weighted by Gasteiger charge is 2.37. The Labute approximate surface area is 193 Å². The third-order valence-corrected chi connectivity index (χ3v) is 6.57. The van der Waals surface area contributed by atoms with E-state index in [1.54, 1.807) is 13.8 Å². The maximum absolute atomic E-state index is 13.0. The highest BCUT2D eigenvalue weighted by Crippen LogP contribution is 2.27. The molecule has 2 atom stereocenters. The van der Waals surface area contributed by atoms with Crippen molar-refractivity contribution in [3.63, 3.8) is 0 Å². The van der Waals surface area contributed by atoms with Crippen LogP contribution >= 0.6 is 11.3 Å². The molecule has 0 unspecified atom stereocenters. The van der Waals surface area contributed by atoms with E-state index in [1.165, 1.54) is 17.8 Å². The number of alkyl halides is 3. The molecule has 12 heteroatoms. The van der Waals surface area contributed by atoms with Gasteiger partial charge >= 0.3 is 6.18 Å². The largest absolute Gasteiger partial charge is 0.453 e. The predicted octanol–water partition coefficient (Wildman–Crippen LogP) is 3.88. The fraction of sp³-hybridized carbons (Fsp3) is 0.571. The summed E-state index contributed by atoms with van der Waals surface area (Å²) in [4.78, 5) is 27.2. The molecule has 0 spiro atoms. The Morgan fingerprint density at radius 3 is 2.55 bits per heavy atom. The molecule has 1 aliphatic heterocycles. The van der Waals surface area contributed by atoms with E-state index in [4.69, 9.17) is 0 Å². The van der Waals surface area contributed by atoms with E-state index in [0.717, 1.165) is 29.8 Å². The van der Waals surface area contributed by atoms with Gasteiger partial charge in [0.15, 0.2) is 5.13 Å². The van der Waals surface area contributed by atoms with Gasteiger partial charge in [-0.3, -0.25) is 9.69 Å². The number of aromatic nitrogens is 5. The number of nitrogens with zero attached hydrogens (tertiary/aromatic N) is 6. The van der Waals surface area contributed by atoms with Gasteiger partial charge in [0, 0.05) is 42.0 Å². The van der Waals surface area contributed by atoms with E-state index in [-0.39, 0.29) is 18.1 Å². The average molecular weight is 482 g/mol. The van der Waals surface area contributed by atoms with Crippen molar-refractivity contribution in [2.75, 3.05) is 18.4 Å². The third-order valence-electron chi connectivity index (χ3n) is 5.77. The standard InChI is InChI=1S/C21H26F3N7OS/c1-11-5-12(2)8-30(7-11)9-15-10-33-20(26-15)27-17(32)6-16-13(3)25-19-28-18(21(22,23)24)29-31(19)14(16)4/h10-12H,5-9H2,1-4H3,(H,26,27,32)/t11-,12+. The van der Waals surface area contributed by atoms with E-state index in [9.17, 15) is 18.0 Å². The van der Waals surface area contributed by atoms with Crippen LogP contribution < -0.4 is 5.32 Å². The van der Waals surface area contributed by atoms with Gasteiger partial charge in [0.25, 0.3) is 11.6 Å². The molecule has 178 valence electrons. The molecule has 3 aromatic rings. The number of fused-ring (bicyclic) bond motifs is 1. The predicted molar refractivity (Wildman–Crippen MR) is 118 cm³/mol. The van der Waals surface area contributed by atoms with E-state index < -0.39 is 12.0 Å². The summed E-state index contributed by atoms with van der Waals surface area (Å²) < 4.78 is 39.9. The zero-order chi connectivity index (χ0) is 23.9. The lowest BCUT2D eigenvalue weighted by Crippen LogP contribution is -2.38. The number of hydrogen-bond donors (Lipinski definition) is 1. The Kier molecular flexibility index (Phi) is 6.41. The minimum Gasteiger partial charge on any atom is -0.302 e. The van der Waals surface area contributed by atoms with Crippen molar-refractivity contribution in [1.29, 1.82) is 0 Å². The number of rotatable bonds is 5. The van der Waals surface area contributed by atoms with Gasteiger partial charge in [-0.2, -0.15) is 18.2 Å². The summed E-state index contributed by atoms with van der Waals surface area (Å²) in [5.74, 6) is -0.415. The number of carbonyl (C=O) groups is 1. The SMILES string of the molecule is Cc1nc2nc(C(F)(F)F)nn2c(C)c1CC(=O)Nc1nc(CN2C[C@H](C)C[C@H](C)C2)cs1. The van der Waals surface area contributed by atoms with Crippen LogP contribution in [0.5, 0.6) is 0 Å². The zero-order valence-electron chi connectivity index (χ0n) is 18.9. The molecule has 4 rings (SSSR count). The zero-order valence-corrected chi connectivity index (χ0v) is 19.7. The number of hydrogen-bond acceptors (Lipinski definition) is 7. The van der Waals surface area contributed by atoms with Gasteiger partial charge in [-0.1, -0.05) is 13.8 Å². The lowest BCUT2D eigenvalue weighted by atomic mass is 9.92. The monoisotopic (exact) mass is 481 g/mol. The number of amides is 1. The van der Waals surface area contributed by atoms with Crippen LogP contribution in [0.25, 0.3) is 5.78 Å². The summed E-state index contributed by atoms with van der Waals surface area (Å²) in [5, 5.41) is 8.75. The fourth-order valence-electron chi connectivity index (χ4n) is 4.50. The molecule has 0 saturated carbocycles. The molecule has 0 radical (unpaired) electrons. The number of nitrogens with one attached hydrogen (secondary N) is 1. The summed E-state index contributed by atoms with van der Waals surface area (Å²) >= 11 is 1.36. The van der Waals surface area contributed by atoms with Gasteiger partial charge in [-0.25, -0.2) is 14.5 Å². The average Bonchev–Trinajstić information content (AvgIpc) is 3.31. The molecule has 1 aliphatic rings. The summed E-state index contributed by atoms with van der Waals surface area (Å²) in [7, 11) is 0. The van der Waals surface area contributed by atoms with Crippen LogP contribution in [0.1, 0.15) is 48.7 Å². The quantitative estimate of drug-likeness (QED) is 0.595. The van der Waals surface area contributed by atoms with Crippen LogP contribution in [0, 0.1) is 25.7 Å². The molecule has 33 heavy (non-hydrogen) atoms. The smallest absolute Gasteiger partial charge is 0.302 e. The Bertz CT molecular complexity index is 1160. The normalized spacial score (nSPS) is 19.8. The number of likely N-dealkylation sites (tertiary alicyclic amines) is 1. The van der Waals surface area contributed by atoms with Gasteiger partial charge in [0.05, 0.1) is 12.1 Å². The lowest BCUT2D eigenvalue weighted by molar-refractivity contribution is -0.144. The molecule has 0 aromatic carbocycles. The van der Waals surface area contributed by atoms with Crippen LogP contribution in [0.3, 0.4) is 0 Å². The molecule has 0 aliphatic carbocycles. The molecule has 0 bridgehead atoms. The fourth-order valence-corrected chi connectivity index (χ4v) is 5.21. The number of piperidine rings is 1. The van der Waals surface area contributed by atoms with E-state index in [0.29, 0.717) is 33.9 Å². The first-order valence-corrected chi connectivity index (χ1v) is 11.6. The number of carbonyl (C=O) groups excluding carboxylic acids is 1. The maximum Gasteiger partial charge on any atom is 0.453 e. The number of halogens is 3. The van der Waals surface area contributed by atoms with Crippen molar-refractivity contribution < 1.29 is 18.0 Å².